The minimum Gasteiger partial charge on any atom is -0.477 e. The largest absolute Gasteiger partial charge is 0.477 e. The van der Waals surface area contributed by atoms with Crippen molar-refractivity contribution in [3.63, 3.8) is 0 Å². The van der Waals surface area contributed by atoms with Crippen molar-refractivity contribution in [2.75, 3.05) is 13.1 Å². The van der Waals surface area contributed by atoms with Gasteiger partial charge in [0.25, 0.3) is 0 Å². The molecule has 1 fully saturated rings. The Hall–Kier alpha value is -1.59. The molecule has 3 heterocycles. The van der Waals surface area contributed by atoms with Crippen LogP contribution in [-0.2, 0) is 0 Å². The van der Waals surface area contributed by atoms with E-state index in [0.29, 0.717) is 10.7 Å². The molecule has 0 amide bonds. The first-order valence-electron chi connectivity index (χ1n) is 6.29. The summed E-state index contributed by atoms with van der Waals surface area (Å²) in [5.41, 5.74) is 0.875. The first kappa shape index (κ1) is 12.4. The molecule has 5 nitrogen and oxygen atoms in total. The first-order chi connectivity index (χ1) is 9.18. The summed E-state index contributed by atoms with van der Waals surface area (Å²) in [4.78, 5) is 15.7. The number of carbonyl (C=O) groups is 1. The monoisotopic (exact) mass is 279 g/mol. The number of hydrogen-bond donors (Lipinski definition) is 2. The molecule has 100 valence electrons. The highest BCUT2D eigenvalue weighted by Crippen LogP contribution is 2.29. The predicted octanol–water partition coefficient (Wildman–Crippen LogP) is 2.15. The summed E-state index contributed by atoms with van der Waals surface area (Å²) in [7, 11) is 0. The zero-order chi connectivity index (χ0) is 13.4. The summed E-state index contributed by atoms with van der Waals surface area (Å²) in [6.07, 6.45) is 1.90. The quantitative estimate of drug-likeness (QED) is 0.884. The molecule has 1 saturated heterocycles. The van der Waals surface area contributed by atoms with Gasteiger partial charge >= 0.3 is 5.97 Å². The van der Waals surface area contributed by atoms with Crippen molar-refractivity contribution in [3.05, 3.63) is 34.9 Å². The molecule has 1 aliphatic heterocycles. The van der Waals surface area contributed by atoms with E-state index >= 15 is 0 Å². The Morgan fingerprint density at radius 1 is 1.42 bits per heavy atom. The van der Waals surface area contributed by atoms with Gasteiger partial charge in [-0.2, -0.15) is 0 Å². The van der Waals surface area contributed by atoms with Crippen LogP contribution in [0.15, 0.2) is 18.2 Å². The molecule has 3 rings (SSSR count). The number of fused-ring (bicyclic) bond motifs is 1. The second-order valence-electron chi connectivity index (χ2n) is 4.72. The number of imidazole rings is 1. The van der Waals surface area contributed by atoms with E-state index < -0.39 is 5.97 Å². The molecule has 0 spiro atoms. The van der Waals surface area contributed by atoms with Crippen LogP contribution in [0.4, 0.5) is 0 Å². The van der Waals surface area contributed by atoms with Crippen LogP contribution in [0.1, 0.15) is 35.1 Å². The summed E-state index contributed by atoms with van der Waals surface area (Å²) in [5, 5.41) is 13.0. The normalized spacial score (nSPS) is 16.9. The second kappa shape index (κ2) is 4.83. The number of nitrogens with one attached hydrogen (secondary N) is 1. The number of carboxylic acid groups (broad SMARTS) is 1. The van der Waals surface area contributed by atoms with E-state index in [-0.39, 0.29) is 11.6 Å². The first-order valence-corrected chi connectivity index (χ1v) is 6.67. The number of halogens is 1. The topological polar surface area (TPSA) is 66.6 Å². The summed E-state index contributed by atoms with van der Waals surface area (Å²) in [5.74, 6) is 0.0519. The van der Waals surface area contributed by atoms with Gasteiger partial charge in [-0.15, -0.1) is 0 Å². The SMILES string of the molecule is O=C(O)c1cccc2c(Cl)nc(C3CCNCC3)n12. The van der Waals surface area contributed by atoms with E-state index in [1.807, 2.05) is 0 Å². The summed E-state index contributed by atoms with van der Waals surface area (Å²) < 4.78 is 1.68. The minimum absolute atomic E-state index is 0.213. The van der Waals surface area contributed by atoms with Crippen LogP contribution < -0.4 is 5.32 Å². The number of aromatic nitrogens is 2. The van der Waals surface area contributed by atoms with Gasteiger partial charge < -0.3 is 10.4 Å². The van der Waals surface area contributed by atoms with E-state index in [1.165, 1.54) is 0 Å². The molecule has 0 atom stereocenters. The molecule has 0 saturated carbocycles. The van der Waals surface area contributed by atoms with Crippen molar-refractivity contribution < 1.29 is 9.90 Å². The molecule has 0 unspecified atom stereocenters. The fourth-order valence-electron chi connectivity index (χ4n) is 2.65. The molecule has 2 aromatic heterocycles. The second-order valence-corrected chi connectivity index (χ2v) is 5.08. The Morgan fingerprint density at radius 3 is 2.84 bits per heavy atom. The number of carboxylic acids is 1. The lowest BCUT2D eigenvalue weighted by Gasteiger charge is -2.22. The smallest absolute Gasteiger partial charge is 0.352 e. The highest BCUT2D eigenvalue weighted by molar-refractivity contribution is 6.32. The average molecular weight is 280 g/mol. The lowest BCUT2D eigenvalue weighted by Crippen LogP contribution is -2.28. The van der Waals surface area contributed by atoms with Gasteiger partial charge in [0.1, 0.15) is 11.5 Å². The van der Waals surface area contributed by atoms with Crippen molar-refractivity contribution in [1.29, 1.82) is 0 Å². The van der Waals surface area contributed by atoms with Gasteiger partial charge in [-0.05, 0) is 38.1 Å². The maximum Gasteiger partial charge on any atom is 0.352 e. The standard InChI is InChI=1S/C13H14ClN3O2/c14-11-9-2-1-3-10(13(18)19)17(9)12(16-11)8-4-6-15-7-5-8/h1-3,8,15H,4-7H2,(H,18,19). The molecule has 0 bridgehead atoms. The Labute approximate surface area is 115 Å². The number of rotatable bonds is 2. The Kier molecular flexibility index (Phi) is 3.16. The third-order valence-corrected chi connectivity index (χ3v) is 3.84. The number of pyridine rings is 1. The molecule has 0 aliphatic carbocycles. The zero-order valence-electron chi connectivity index (χ0n) is 10.3. The van der Waals surface area contributed by atoms with Gasteiger partial charge in [-0.25, -0.2) is 9.78 Å². The van der Waals surface area contributed by atoms with Crippen LogP contribution in [0.25, 0.3) is 5.52 Å². The summed E-state index contributed by atoms with van der Waals surface area (Å²) >= 11 is 6.13. The highest BCUT2D eigenvalue weighted by atomic mass is 35.5. The summed E-state index contributed by atoms with van der Waals surface area (Å²) in [6, 6.07) is 5.07. The van der Waals surface area contributed by atoms with E-state index in [0.717, 1.165) is 31.8 Å². The number of aromatic carboxylic acids is 1. The van der Waals surface area contributed by atoms with Crippen molar-refractivity contribution >= 4 is 23.1 Å². The van der Waals surface area contributed by atoms with E-state index in [2.05, 4.69) is 10.3 Å². The highest BCUT2D eigenvalue weighted by Gasteiger charge is 2.24. The fourth-order valence-corrected chi connectivity index (χ4v) is 2.88. The fraction of sp³-hybridized carbons (Fsp3) is 0.385. The number of piperidine rings is 1. The Balaban J connectivity index is 2.20. The lowest BCUT2D eigenvalue weighted by molar-refractivity contribution is 0.0688. The molecule has 1 aliphatic rings. The van der Waals surface area contributed by atoms with Crippen molar-refractivity contribution in [1.82, 2.24) is 14.7 Å². The van der Waals surface area contributed by atoms with E-state index in [9.17, 15) is 9.90 Å². The van der Waals surface area contributed by atoms with Gasteiger partial charge in [0.05, 0.1) is 5.52 Å². The molecule has 0 radical (unpaired) electrons. The van der Waals surface area contributed by atoms with Gasteiger partial charge in [-0.1, -0.05) is 17.7 Å². The van der Waals surface area contributed by atoms with E-state index in [4.69, 9.17) is 11.6 Å². The van der Waals surface area contributed by atoms with Crippen LogP contribution in [-0.4, -0.2) is 33.6 Å². The van der Waals surface area contributed by atoms with Crippen molar-refractivity contribution in [3.8, 4) is 0 Å². The molecular formula is C13H14ClN3O2. The number of nitrogens with zero attached hydrogens (tertiary/aromatic N) is 2. The minimum atomic E-state index is -0.963. The van der Waals surface area contributed by atoms with Crippen molar-refractivity contribution in [2.24, 2.45) is 0 Å². The van der Waals surface area contributed by atoms with Gasteiger partial charge in [0.15, 0.2) is 5.15 Å². The Morgan fingerprint density at radius 2 is 2.16 bits per heavy atom. The van der Waals surface area contributed by atoms with E-state index in [1.54, 1.807) is 22.6 Å². The van der Waals surface area contributed by atoms with Gasteiger partial charge in [0.2, 0.25) is 0 Å². The molecule has 0 aromatic carbocycles. The zero-order valence-corrected chi connectivity index (χ0v) is 11.0. The average Bonchev–Trinajstić information content (AvgIpc) is 2.77. The van der Waals surface area contributed by atoms with Gasteiger partial charge in [-0.3, -0.25) is 4.40 Å². The molecule has 6 heteroatoms. The number of hydrogen-bond acceptors (Lipinski definition) is 3. The van der Waals surface area contributed by atoms with Gasteiger partial charge in [0, 0.05) is 5.92 Å². The lowest BCUT2D eigenvalue weighted by atomic mass is 9.97. The van der Waals surface area contributed by atoms with Crippen LogP contribution in [0.3, 0.4) is 0 Å². The molecular weight excluding hydrogens is 266 g/mol. The van der Waals surface area contributed by atoms with Crippen LogP contribution in [0, 0.1) is 0 Å². The molecule has 2 N–H and O–H groups in total. The van der Waals surface area contributed by atoms with Crippen LogP contribution in [0.5, 0.6) is 0 Å². The Bertz CT molecular complexity index is 632. The third-order valence-electron chi connectivity index (χ3n) is 3.57. The molecule has 19 heavy (non-hydrogen) atoms. The maximum atomic E-state index is 11.4. The maximum absolute atomic E-state index is 11.4. The molecule has 2 aromatic rings. The predicted molar refractivity (Wildman–Crippen MR) is 72.0 cm³/mol. The van der Waals surface area contributed by atoms with Crippen molar-refractivity contribution in [2.45, 2.75) is 18.8 Å². The third kappa shape index (κ3) is 2.09. The summed E-state index contributed by atoms with van der Waals surface area (Å²) in [6.45, 7) is 1.85. The van der Waals surface area contributed by atoms with Crippen LogP contribution in [0.2, 0.25) is 5.15 Å². The van der Waals surface area contributed by atoms with Crippen LogP contribution >= 0.6 is 11.6 Å².